The lowest BCUT2D eigenvalue weighted by atomic mass is 10.1. The van der Waals surface area contributed by atoms with E-state index < -0.39 is 0 Å². The van der Waals surface area contributed by atoms with Gasteiger partial charge in [0, 0.05) is 32.4 Å². The van der Waals surface area contributed by atoms with Crippen LogP contribution in [0.25, 0.3) is 0 Å². The van der Waals surface area contributed by atoms with Gasteiger partial charge in [-0.2, -0.15) is 4.98 Å². The van der Waals surface area contributed by atoms with Gasteiger partial charge in [0.25, 0.3) is 0 Å². The Labute approximate surface area is 141 Å². The Kier molecular flexibility index (Phi) is 5.25. The first-order chi connectivity index (χ1) is 11.6. The molecule has 128 valence electrons. The van der Waals surface area contributed by atoms with E-state index in [1.54, 1.807) is 0 Å². The lowest BCUT2D eigenvalue weighted by Gasteiger charge is -2.35. The molecule has 6 nitrogen and oxygen atoms in total. The van der Waals surface area contributed by atoms with Gasteiger partial charge in [0.15, 0.2) is 5.82 Å². The first-order valence-electron chi connectivity index (χ1n) is 8.39. The smallest absolute Gasteiger partial charge is 0.227 e. The molecule has 0 radical (unpaired) electrons. The SMILES string of the molecule is CC1CN(C(=O)CCc2nc(Cc3ccccc3)no2)CC(C)O1. The molecule has 0 bridgehead atoms. The number of rotatable bonds is 5. The molecule has 2 unspecified atom stereocenters. The number of morpholine rings is 1. The van der Waals surface area contributed by atoms with Crippen molar-refractivity contribution in [2.75, 3.05) is 13.1 Å². The molecule has 1 aromatic heterocycles. The van der Waals surface area contributed by atoms with E-state index in [1.807, 2.05) is 49.1 Å². The number of nitrogens with zero attached hydrogens (tertiary/aromatic N) is 3. The van der Waals surface area contributed by atoms with E-state index >= 15 is 0 Å². The lowest BCUT2D eigenvalue weighted by molar-refractivity contribution is -0.143. The normalized spacial score (nSPS) is 21.0. The predicted molar refractivity (Wildman–Crippen MR) is 88.5 cm³/mol. The zero-order valence-corrected chi connectivity index (χ0v) is 14.1. The Morgan fingerprint density at radius 1 is 1.21 bits per heavy atom. The predicted octanol–water partition coefficient (Wildman–Crippen LogP) is 2.23. The molecule has 2 atom stereocenters. The summed E-state index contributed by atoms with van der Waals surface area (Å²) in [5.41, 5.74) is 1.14. The van der Waals surface area contributed by atoms with Crippen molar-refractivity contribution in [1.29, 1.82) is 0 Å². The maximum Gasteiger partial charge on any atom is 0.227 e. The van der Waals surface area contributed by atoms with Gasteiger partial charge < -0.3 is 14.2 Å². The fourth-order valence-electron chi connectivity index (χ4n) is 3.00. The first-order valence-corrected chi connectivity index (χ1v) is 8.39. The van der Waals surface area contributed by atoms with Gasteiger partial charge in [-0.15, -0.1) is 0 Å². The van der Waals surface area contributed by atoms with E-state index in [-0.39, 0.29) is 18.1 Å². The van der Waals surface area contributed by atoms with E-state index in [0.717, 1.165) is 5.56 Å². The fourth-order valence-corrected chi connectivity index (χ4v) is 3.00. The fraction of sp³-hybridized carbons (Fsp3) is 0.500. The topological polar surface area (TPSA) is 68.5 Å². The summed E-state index contributed by atoms with van der Waals surface area (Å²) in [5, 5.41) is 4.00. The Bertz CT molecular complexity index is 661. The van der Waals surface area contributed by atoms with Gasteiger partial charge in [-0.25, -0.2) is 0 Å². The van der Waals surface area contributed by atoms with Crippen LogP contribution in [0.2, 0.25) is 0 Å². The van der Waals surface area contributed by atoms with Crippen molar-refractivity contribution in [3.63, 3.8) is 0 Å². The standard InChI is InChI=1S/C18H23N3O3/c1-13-11-21(12-14(2)23-13)18(22)9-8-17-19-16(20-24-17)10-15-6-4-3-5-7-15/h3-7,13-14H,8-12H2,1-2H3. The van der Waals surface area contributed by atoms with Gasteiger partial charge in [-0.05, 0) is 19.4 Å². The molecular formula is C18H23N3O3. The molecule has 1 aromatic carbocycles. The molecule has 1 aliphatic heterocycles. The second-order valence-electron chi connectivity index (χ2n) is 6.32. The van der Waals surface area contributed by atoms with Crippen molar-refractivity contribution < 1.29 is 14.1 Å². The number of hydrogen-bond donors (Lipinski definition) is 0. The Balaban J connectivity index is 1.51. The minimum absolute atomic E-state index is 0.0820. The summed E-state index contributed by atoms with van der Waals surface area (Å²) in [4.78, 5) is 18.6. The van der Waals surface area contributed by atoms with E-state index in [2.05, 4.69) is 10.1 Å². The van der Waals surface area contributed by atoms with Crippen molar-refractivity contribution in [3.8, 4) is 0 Å². The van der Waals surface area contributed by atoms with Crippen LogP contribution in [0.1, 0.15) is 37.5 Å². The van der Waals surface area contributed by atoms with E-state index in [9.17, 15) is 4.79 Å². The number of aryl methyl sites for hydroxylation is 1. The van der Waals surface area contributed by atoms with Crippen molar-refractivity contribution in [1.82, 2.24) is 15.0 Å². The monoisotopic (exact) mass is 329 g/mol. The van der Waals surface area contributed by atoms with Crippen LogP contribution >= 0.6 is 0 Å². The van der Waals surface area contributed by atoms with Crippen LogP contribution < -0.4 is 0 Å². The number of amides is 1. The van der Waals surface area contributed by atoms with E-state index in [0.29, 0.717) is 44.1 Å². The average Bonchev–Trinajstić information content (AvgIpc) is 3.00. The maximum absolute atomic E-state index is 12.3. The maximum atomic E-state index is 12.3. The largest absolute Gasteiger partial charge is 0.372 e. The molecule has 1 fully saturated rings. The quantitative estimate of drug-likeness (QED) is 0.841. The van der Waals surface area contributed by atoms with E-state index in [4.69, 9.17) is 9.26 Å². The van der Waals surface area contributed by atoms with Crippen LogP contribution in [0.3, 0.4) is 0 Å². The zero-order chi connectivity index (χ0) is 16.9. The number of benzene rings is 1. The summed E-state index contributed by atoms with van der Waals surface area (Å²) >= 11 is 0. The van der Waals surface area contributed by atoms with Crippen molar-refractivity contribution in [2.24, 2.45) is 0 Å². The molecule has 0 spiro atoms. The highest BCUT2D eigenvalue weighted by atomic mass is 16.5. The zero-order valence-electron chi connectivity index (χ0n) is 14.1. The van der Waals surface area contributed by atoms with Crippen LogP contribution in [0.15, 0.2) is 34.9 Å². The molecule has 24 heavy (non-hydrogen) atoms. The minimum atomic E-state index is 0.0820. The third kappa shape index (κ3) is 4.41. The summed E-state index contributed by atoms with van der Waals surface area (Å²) in [6.45, 7) is 5.27. The van der Waals surface area contributed by atoms with Crippen LogP contribution in [0.5, 0.6) is 0 Å². The summed E-state index contributed by atoms with van der Waals surface area (Å²) in [5.74, 6) is 1.28. The molecule has 6 heteroatoms. The number of carbonyl (C=O) groups excluding carboxylic acids is 1. The Hall–Kier alpha value is -2.21. The Morgan fingerprint density at radius 3 is 2.62 bits per heavy atom. The van der Waals surface area contributed by atoms with Gasteiger partial charge >= 0.3 is 0 Å². The van der Waals surface area contributed by atoms with Crippen LogP contribution in [0.4, 0.5) is 0 Å². The summed E-state index contributed by atoms with van der Waals surface area (Å²) in [6.07, 6.45) is 1.65. The van der Waals surface area contributed by atoms with Crippen LogP contribution in [0, 0.1) is 0 Å². The van der Waals surface area contributed by atoms with Gasteiger partial charge in [0.05, 0.1) is 12.2 Å². The second-order valence-corrected chi connectivity index (χ2v) is 6.32. The summed E-state index contributed by atoms with van der Waals surface area (Å²) in [7, 11) is 0. The van der Waals surface area contributed by atoms with Gasteiger partial charge in [-0.3, -0.25) is 4.79 Å². The molecular weight excluding hydrogens is 306 g/mol. The number of carbonyl (C=O) groups is 1. The first kappa shape index (κ1) is 16.6. The van der Waals surface area contributed by atoms with Gasteiger partial charge in [0.1, 0.15) is 0 Å². The summed E-state index contributed by atoms with van der Waals surface area (Å²) < 4.78 is 10.9. The van der Waals surface area contributed by atoms with Crippen molar-refractivity contribution >= 4 is 5.91 Å². The highest BCUT2D eigenvalue weighted by Gasteiger charge is 2.25. The van der Waals surface area contributed by atoms with Crippen molar-refractivity contribution in [3.05, 3.63) is 47.6 Å². The van der Waals surface area contributed by atoms with Gasteiger partial charge in [0.2, 0.25) is 11.8 Å². The van der Waals surface area contributed by atoms with Crippen LogP contribution in [-0.2, 0) is 22.4 Å². The number of hydrogen-bond acceptors (Lipinski definition) is 5. The highest BCUT2D eigenvalue weighted by molar-refractivity contribution is 5.76. The van der Waals surface area contributed by atoms with E-state index in [1.165, 1.54) is 0 Å². The van der Waals surface area contributed by atoms with Gasteiger partial charge in [-0.1, -0.05) is 35.5 Å². The number of aromatic nitrogens is 2. The summed E-state index contributed by atoms with van der Waals surface area (Å²) in [6, 6.07) is 10.0. The molecule has 1 amide bonds. The third-order valence-electron chi connectivity index (χ3n) is 4.04. The molecule has 3 rings (SSSR count). The second kappa shape index (κ2) is 7.57. The highest BCUT2D eigenvalue weighted by Crippen LogP contribution is 2.13. The molecule has 2 aromatic rings. The van der Waals surface area contributed by atoms with Crippen molar-refractivity contribution in [2.45, 2.75) is 45.3 Å². The Morgan fingerprint density at radius 2 is 1.92 bits per heavy atom. The molecule has 0 saturated carbocycles. The minimum Gasteiger partial charge on any atom is -0.372 e. The molecule has 1 saturated heterocycles. The number of ether oxygens (including phenoxy) is 1. The lowest BCUT2D eigenvalue weighted by Crippen LogP contribution is -2.48. The molecule has 0 aliphatic carbocycles. The molecule has 2 heterocycles. The molecule has 0 N–H and O–H groups in total. The molecule has 1 aliphatic rings. The van der Waals surface area contributed by atoms with Crippen LogP contribution in [-0.4, -0.2) is 46.2 Å². The average molecular weight is 329 g/mol. The third-order valence-corrected chi connectivity index (χ3v) is 4.04.